The monoisotopic (exact) mass is 480 g/mol. The van der Waals surface area contributed by atoms with Crippen LogP contribution in [0.4, 0.5) is 5.69 Å². The Labute approximate surface area is 199 Å². The molecule has 0 spiro atoms. The van der Waals surface area contributed by atoms with Gasteiger partial charge in [-0.2, -0.15) is 5.10 Å². The maximum absolute atomic E-state index is 13.6. The molecule has 9 heteroatoms. The summed E-state index contributed by atoms with van der Waals surface area (Å²) in [6.07, 6.45) is -0.773. The molecule has 2 aromatic carbocycles. The van der Waals surface area contributed by atoms with E-state index in [1.165, 1.54) is 11.3 Å². The van der Waals surface area contributed by atoms with Crippen LogP contribution in [0.25, 0.3) is 10.2 Å². The number of fused-ring (bicyclic) bond motifs is 2. The first-order valence-corrected chi connectivity index (χ1v) is 11.6. The van der Waals surface area contributed by atoms with Crippen LogP contribution in [-0.2, 0) is 11.3 Å². The smallest absolute Gasteiger partial charge is 0.268 e. The first-order chi connectivity index (χ1) is 15.9. The molecule has 0 aliphatic carbocycles. The second kappa shape index (κ2) is 8.53. The zero-order valence-electron chi connectivity index (χ0n) is 18.0. The van der Waals surface area contributed by atoms with Crippen LogP contribution in [0.3, 0.4) is 0 Å². The average Bonchev–Trinajstić information content (AvgIpc) is 3.40. The van der Waals surface area contributed by atoms with Gasteiger partial charge in [-0.3, -0.25) is 19.2 Å². The van der Waals surface area contributed by atoms with E-state index in [4.69, 9.17) is 16.3 Å². The van der Waals surface area contributed by atoms with E-state index in [9.17, 15) is 9.59 Å². The van der Waals surface area contributed by atoms with Gasteiger partial charge in [-0.1, -0.05) is 35.9 Å². The van der Waals surface area contributed by atoms with Crippen molar-refractivity contribution in [2.75, 3.05) is 18.5 Å². The number of para-hydroxylation sites is 2. The Bertz CT molecular complexity index is 1360. The Morgan fingerprint density at radius 2 is 1.97 bits per heavy atom. The highest BCUT2D eigenvalue weighted by Gasteiger charge is 2.34. The number of anilines is 1. The molecule has 0 saturated carbocycles. The highest BCUT2D eigenvalue weighted by atomic mass is 35.5. The van der Waals surface area contributed by atoms with Crippen LogP contribution in [0.15, 0.2) is 54.6 Å². The molecule has 2 amide bonds. The third kappa shape index (κ3) is 3.96. The number of halogens is 1. The van der Waals surface area contributed by atoms with E-state index in [1.807, 2.05) is 60.1 Å². The molecule has 1 aliphatic rings. The fourth-order valence-electron chi connectivity index (χ4n) is 3.95. The van der Waals surface area contributed by atoms with Crippen molar-refractivity contribution in [3.63, 3.8) is 0 Å². The van der Waals surface area contributed by atoms with E-state index in [0.29, 0.717) is 27.9 Å². The van der Waals surface area contributed by atoms with Gasteiger partial charge in [-0.15, -0.1) is 11.3 Å². The highest BCUT2D eigenvalue weighted by Crippen LogP contribution is 2.36. The van der Waals surface area contributed by atoms with Gasteiger partial charge in [0.2, 0.25) is 0 Å². The van der Waals surface area contributed by atoms with Crippen molar-refractivity contribution in [2.45, 2.75) is 19.6 Å². The number of nitrogens with one attached hydrogen (secondary N) is 1. The molecule has 1 N–H and O–H groups in total. The van der Waals surface area contributed by atoms with Crippen LogP contribution < -0.4 is 15.0 Å². The minimum Gasteiger partial charge on any atom is -0.477 e. The molecule has 3 heterocycles. The van der Waals surface area contributed by atoms with Gasteiger partial charge in [0.05, 0.1) is 29.3 Å². The van der Waals surface area contributed by atoms with E-state index >= 15 is 0 Å². The first kappa shape index (κ1) is 21.5. The number of aromatic nitrogens is 2. The summed E-state index contributed by atoms with van der Waals surface area (Å²) in [5.74, 6) is 0.0725. The van der Waals surface area contributed by atoms with Crippen LogP contribution in [0.2, 0.25) is 5.02 Å². The van der Waals surface area contributed by atoms with E-state index in [2.05, 4.69) is 10.4 Å². The summed E-state index contributed by atoms with van der Waals surface area (Å²) in [6.45, 7) is 2.65. The molecule has 0 bridgehead atoms. The summed E-state index contributed by atoms with van der Waals surface area (Å²) in [7, 11) is 1.56. The molecule has 5 rings (SSSR count). The number of ether oxygens (including phenoxy) is 1. The van der Waals surface area contributed by atoms with Crippen LogP contribution in [0.5, 0.6) is 5.75 Å². The maximum atomic E-state index is 13.6. The molecule has 1 unspecified atom stereocenters. The number of hydrogen-bond donors (Lipinski definition) is 1. The molecule has 7 nitrogen and oxygen atoms in total. The standard InChI is InChI=1S/C24H21ClN4O3S/c1-14-17-11-21(33-24(17)29(27-14)12-15-7-9-16(25)10-8-15)23(31)28-13-20(22(30)26-2)32-19-6-4-3-5-18(19)28/h3-11,20H,12-13H2,1-2H3,(H,26,30). The lowest BCUT2D eigenvalue weighted by molar-refractivity contribution is -0.127. The van der Waals surface area contributed by atoms with Crippen molar-refractivity contribution in [3.8, 4) is 5.75 Å². The summed E-state index contributed by atoms with van der Waals surface area (Å²) in [5, 5.41) is 8.90. The predicted molar refractivity (Wildman–Crippen MR) is 130 cm³/mol. The Hall–Kier alpha value is -3.36. The zero-order valence-corrected chi connectivity index (χ0v) is 19.6. The summed E-state index contributed by atoms with van der Waals surface area (Å²) in [5.41, 5.74) is 2.58. The number of nitrogens with zero attached hydrogens (tertiary/aromatic N) is 3. The summed E-state index contributed by atoms with van der Waals surface area (Å²) < 4.78 is 7.74. The number of likely N-dealkylation sites (N-methyl/N-ethyl adjacent to an activating group) is 1. The van der Waals surface area contributed by atoms with Gasteiger partial charge < -0.3 is 10.1 Å². The zero-order chi connectivity index (χ0) is 23.1. The molecule has 0 radical (unpaired) electrons. The van der Waals surface area contributed by atoms with Crippen molar-refractivity contribution in [2.24, 2.45) is 0 Å². The fourth-order valence-corrected chi connectivity index (χ4v) is 5.18. The van der Waals surface area contributed by atoms with Crippen molar-refractivity contribution in [1.82, 2.24) is 15.1 Å². The quantitative estimate of drug-likeness (QED) is 0.473. The molecule has 1 atom stereocenters. The molecule has 0 saturated heterocycles. The summed E-state index contributed by atoms with van der Waals surface area (Å²) >= 11 is 7.41. The number of thiophene rings is 1. The number of carbonyl (C=O) groups is 2. The fraction of sp³-hybridized carbons (Fsp3) is 0.208. The highest BCUT2D eigenvalue weighted by molar-refractivity contribution is 7.20. The summed E-state index contributed by atoms with van der Waals surface area (Å²) in [6, 6.07) is 16.8. The predicted octanol–water partition coefficient (Wildman–Crippen LogP) is 4.26. The minimum atomic E-state index is -0.773. The van der Waals surface area contributed by atoms with Crippen molar-refractivity contribution in [1.29, 1.82) is 0 Å². The van der Waals surface area contributed by atoms with Gasteiger partial charge in [0.1, 0.15) is 10.6 Å². The Kier molecular flexibility index (Phi) is 5.55. The Balaban J connectivity index is 1.49. The second-order valence-corrected chi connectivity index (χ2v) is 9.27. The number of benzene rings is 2. The first-order valence-electron chi connectivity index (χ1n) is 10.4. The third-order valence-electron chi connectivity index (χ3n) is 5.62. The average molecular weight is 481 g/mol. The normalized spacial score (nSPS) is 15.2. The summed E-state index contributed by atoms with van der Waals surface area (Å²) in [4.78, 5) is 29.0. The van der Waals surface area contributed by atoms with Gasteiger partial charge >= 0.3 is 0 Å². The van der Waals surface area contributed by atoms with Crippen LogP contribution in [0.1, 0.15) is 20.9 Å². The number of carbonyl (C=O) groups excluding carboxylic acids is 2. The number of hydrogen-bond acceptors (Lipinski definition) is 5. The van der Waals surface area contributed by atoms with Gasteiger partial charge in [0, 0.05) is 17.5 Å². The van der Waals surface area contributed by atoms with E-state index < -0.39 is 6.10 Å². The molecular formula is C24H21ClN4O3S. The van der Waals surface area contributed by atoms with Crippen LogP contribution in [0, 0.1) is 6.92 Å². The molecular weight excluding hydrogens is 460 g/mol. The van der Waals surface area contributed by atoms with Gasteiger partial charge in [-0.05, 0) is 42.8 Å². The van der Waals surface area contributed by atoms with E-state index in [0.717, 1.165) is 21.5 Å². The van der Waals surface area contributed by atoms with Crippen LogP contribution >= 0.6 is 22.9 Å². The largest absolute Gasteiger partial charge is 0.477 e. The van der Waals surface area contributed by atoms with E-state index in [1.54, 1.807) is 18.0 Å². The van der Waals surface area contributed by atoms with Crippen molar-refractivity contribution < 1.29 is 14.3 Å². The molecule has 33 heavy (non-hydrogen) atoms. The van der Waals surface area contributed by atoms with Crippen LogP contribution in [-0.4, -0.2) is 41.3 Å². The number of rotatable bonds is 4. The molecule has 1 aliphatic heterocycles. The lowest BCUT2D eigenvalue weighted by Crippen LogP contribution is -2.50. The molecule has 168 valence electrons. The molecule has 0 fully saturated rings. The van der Waals surface area contributed by atoms with Gasteiger partial charge in [0.25, 0.3) is 11.8 Å². The van der Waals surface area contributed by atoms with Gasteiger partial charge in [-0.25, -0.2) is 0 Å². The van der Waals surface area contributed by atoms with Crippen molar-refractivity contribution >= 4 is 50.7 Å². The number of aryl methyl sites for hydroxylation is 1. The maximum Gasteiger partial charge on any atom is 0.268 e. The van der Waals surface area contributed by atoms with Crippen molar-refractivity contribution in [3.05, 3.63) is 75.8 Å². The third-order valence-corrected chi connectivity index (χ3v) is 7.01. The second-order valence-electron chi connectivity index (χ2n) is 7.80. The molecule has 4 aromatic rings. The van der Waals surface area contributed by atoms with Gasteiger partial charge in [0.15, 0.2) is 6.10 Å². The Morgan fingerprint density at radius 1 is 1.21 bits per heavy atom. The lowest BCUT2D eigenvalue weighted by Gasteiger charge is -2.33. The molecule has 2 aromatic heterocycles. The minimum absolute atomic E-state index is 0.139. The van der Waals surface area contributed by atoms with E-state index in [-0.39, 0.29) is 18.4 Å². The Morgan fingerprint density at radius 3 is 2.73 bits per heavy atom. The number of amides is 2. The topological polar surface area (TPSA) is 76.5 Å². The SMILES string of the molecule is CNC(=O)C1CN(C(=O)c2cc3c(C)nn(Cc4ccc(Cl)cc4)c3s2)c2ccccc2O1. The lowest BCUT2D eigenvalue weighted by atomic mass is 10.1.